The summed E-state index contributed by atoms with van der Waals surface area (Å²) < 4.78 is 2.27. The Morgan fingerprint density at radius 3 is 1.55 bits per heavy atom. The lowest BCUT2D eigenvalue weighted by Gasteiger charge is -2.14. The van der Waals surface area contributed by atoms with E-state index >= 15 is 0 Å². The third-order valence-electron chi connectivity index (χ3n) is 10.8. The molecule has 0 fully saturated rings. The maximum Gasteiger partial charge on any atom is 0.235 e. The molecule has 246 valence electrons. The Balaban J connectivity index is 1.22. The zero-order chi connectivity index (χ0) is 34.9. The topological polar surface area (TPSA) is 30.7 Å². The first-order chi connectivity index (χ1) is 26.3. The second-order valence-corrected chi connectivity index (χ2v) is 13.8. The number of rotatable bonds is 4. The van der Waals surface area contributed by atoms with Gasteiger partial charge >= 0.3 is 0 Å². The highest BCUT2D eigenvalue weighted by atomic mass is 15.2. The van der Waals surface area contributed by atoms with Crippen LogP contribution in [0.15, 0.2) is 188 Å². The van der Waals surface area contributed by atoms with Crippen LogP contribution in [0.3, 0.4) is 0 Å². The Morgan fingerprint density at radius 1 is 0.340 bits per heavy atom. The third-order valence-corrected chi connectivity index (χ3v) is 10.8. The van der Waals surface area contributed by atoms with E-state index in [-0.39, 0.29) is 0 Å². The third kappa shape index (κ3) is 4.68. The normalized spacial score (nSPS) is 11.8. The summed E-state index contributed by atoms with van der Waals surface area (Å²) in [5.41, 5.74) is 9.72. The largest absolute Gasteiger partial charge is 0.278 e. The molecule has 0 unspecified atom stereocenters. The molecule has 0 atom stereocenters. The molecule has 11 aromatic rings. The van der Waals surface area contributed by atoms with Gasteiger partial charge in [0.05, 0.1) is 22.2 Å². The Morgan fingerprint density at radius 2 is 0.868 bits per heavy atom. The first-order valence-electron chi connectivity index (χ1n) is 18.1. The number of aromatic nitrogens is 3. The minimum atomic E-state index is 0.653. The molecule has 0 N–H and O–H groups in total. The van der Waals surface area contributed by atoms with Crippen LogP contribution in [-0.4, -0.2) is 14.5 Å². The van der Waals surface area contributed by atoms with E-state index in [1.54, 1.807) is 0 Å². The number of nitrogens with zero attached hydrogens (tertiary/aromatic N) is 3. The summed E-state index contributed by atoms with van der Waals surface area (Å²) in [5, 5.41) is 10.8. The Hall–Kier alpha value is -7.10. The Bertz CT molecular complexity index is 3110. The van der Waals surface area contributed by atoms with Crippen LogP contribution in [0.2, 0.25) is 0 Å². The van der Waals surface area contributed by atoms with Gasteiger partial charge in [0, 0.05) is 21.7 Å². The van der Waals surface area contributed by atoms with Gasteiger partial charge in [0.25, 0.3) is 0 Å². The van der Waals surface area contributed by atoms with E-state index in [2.05, 4.69) is 193 Å². The highest BCUT2D eigenvalue weighted by molar-refractivity contribution is 6.28. The first-order valence-corrected chi connectivity index (χ1v) is 18.1. The van der Waals surface area contributed by atoms with Gasteiger partial charge < -0.3 is 0 Å². The lowest BCUT2D eigenvalue weighted by atomic mass is 9.96. The fourth-order valence-electron chi connectivity index (χ4n) is 8.30. The Labute approximate surface area is 306 Å². The molecule has 9 aromatic carbocycles. The van der Waals surface area contributed by atoms with Crippen molar-refractivity contribution in [3.05, 3.63) is 188 Å². The minimum Gasteiger partial charge on any atom is -0.278 e. The van der Waals surface area contributed by atoms with Crippen LogP contribution in [0, 0.1) is 0 Å². The van der Waals surface area contributed by atoms with Crippen LogP contribution in [0.1, 0.15) is 0 Å². The summed E-state index contributed by atoms with van der Waals surface area (Å²) in [7, 11) is 0. The molecule has 11 rings (SSSR count). The molecule has 0 aliphatic heterocycles. The van der Waals surface area contributed by atoms with E-state index in [1.807, 2.05) is 0 Å². The molecule has 0 radical (unpaired) electrons. The van der Waals surface area contributed by atoms with Gasteiger partial charge in [-0.1, -0.05) is 164 Å². The lowest BCUT2D eigenvalue weighted by Crippen LogP contribution is -2.03. The maximum absolute atomic E-state index is 5.48. The molecular formula is C50H31N3. The second kappa shape index (κ2) is 11.7. The molecule has 0 spiro atoms. The molecule has 3 nitrogen and oxygen atoms in total. The van der Waals surface area contributed by atoms with Gasteiger partial charge in [0.15, 0.2) is 0 Å². The van der Waals surface area contributed by atoms with E-state index in [1.165, 1.54) is 59.8 Å². The van der Waals surface area contributed by atoms with Crippen molar-refractivity contribution in [1.82, 2.24) is 14.5 Å². The summed E-state index contributed by atoms with van der Waals surface area (Å²) in [5.74, 6) is 0.653. The fourth-order valence-corrected chi connectivity index (χ4v) is 8.30. The number of fused-ring (bicyclic) bond motifs is 9. The molecule has 0 aliphatic carbocycles. The predicted octanol–water partition coefficient (Wildman–Crippen LogP) is 13.2. The highest BCUT2D eigenvalue weighted by Gasteiger charge is 2.21. The van der Waals surface area contributed by atoms with Gasteiger partial charge in [-0.25, -0.2) is 9.97 Å². The highest BCUT2D eigenvalue weighted by Crippen LogP contribution is 2.41. The zero-order valence-corrected chi connectivity index (χ0v) is 28.7. The van der Waals surface area contributed by atoms with E-state index in [0.717, 1.165) is 38.8 Å². The van der Waals surface area contributed by atoms with Gasteiger partial charge in [-0.05, 0) is 78.8 Å². The standard InChI is InChI=1S/C50H31N3/c1-2-11-32(12-3-1)33-21-23-37(24-22-33)49-43-28-25-38(40-20-10-16-34-13-4-7-17-39(34)40)31-44(43)51-50(52-49)53-45-29-26-35-14-5-8-18-41(35)47(45)48-42-19-9-6-15-36(42)27-30-46(48)53/h1-31H. The fraction of sp³-hybridized carbons (Fsp3) is 0. The van der Waals surface area contributed by atoms with Crippen molar-refractivity contribution in [3.63, 3.8) is 0 Å². The molecule has 0 bridgehead atoms. The quantitative estimate of drug-likeness (QED) is 0.186. The summed E-state index contributed by atoms with van der Waals surface area (Å²) in [6.07, 6.45) is 0. The molecule has 0 aliphatic rings. The summed E-state index contributed by atoms with van der Waals surface area (Å²) in [6, 6.07) is 67.3. The van der Waals surface area contributed by atoms with Gasteiger partial charge in [0.2, 0.25) is 5.95 Å². The van der Waals surface area contributed by atoms with Crippen LogP contribution >= 0.6 is 0 Å². The molecular weight excluding hydrogens is 643 g/mol. The number of hydrogen-bond acceptors (Lipinski definition) is 2. The maximum atomic E-state index is 5.48. The molecule has 0 saturated carbocycles. The smallest absolute Gasteiger partial charge is 0.235 e. The van der Waals surface area contributed by atoms with E-state index in [4.69, 9.17) is 9.97 Å². The second-order valence-electron chi connectivity index (χ2n) is 13.8. The van der Waals surface area contributed by atoms with Crippen molar-refractivity contribution < 1.29 is 0 Å². The van der Waals surface area contributed by atoms with Crippen molar-refractivity contribution in [2.75, 3.05) is 0 Å². The van der Waals surface area contributed by atoms with Crippen LogP contribution < -0.4 is 0 Å². The van der Waals surface area contributed by atoms with Crippen LogP contribution in [0.25, 0.3) is 104 Å². The summed E-state index contributed by atoms with van der Waals surface area (Å²) in [6.45, 7) is 0. The zero-order valence-electron chi connectivity index (χ0n) is 28.7. The van der Waals surface area contributed by atoms with Crippen molar-refractivity contribution in [2.45, 2.75) is 0 Å². The number of hydrogen-bond donors (Lipinski definition) is 0. The molecule has 2 heterocycles. The minimum absolute atomic E-state index is 0.653. The molecule has 53 heavy (non-hydrogen) atoms. The van der Waals surface area contributed by atoms with Crippen molar-refractivity contribution in [3.8, 4) is 39.5 Å². The monoisotopic (exact) mass is 673 g/mol. The summed E-state index contributed by atoms with van der Waals surface area (Å²) in [4.78, 5) is 10.9. The predicted molar refractivity (Wildman–Crippen MR) is 223 cm³/mol. The van der Waals surface area contributed by atoms with Crippen LogP contribution in [0.5, 0.6) is 0 Å². The van der Waals surface area contributed by atoms with E-state index in [9.17, 15) is 0 Å². The lowest BCUT2D eigenvalue weighted by molar-refractivity contribution is 1.01. The van der Waals surface area contributed by atoms with Gasteiger partial charge in [-0.2, -0.15) is 0 Å². The average molecular weight is 674 g/mol. The summed E-state index contributed by atoms with van der Waals surface area (Å²) >= 11 is 0. The van der Waals surface area contributed by atoms with Crippen molar-refractivity contribution in [2.24, 2.45) is 0 Å². The first kappa shape index (κ1) is 29.6. The van der Waals surface area contributed by atoms with Crippen LogP contribution in [-0.2, 0) is 0 Å². The van der Waals surface area contributed by atoms with E-state index in [0.29, 0.717) is 5.95 Å². The Kier molecular flexibility index (Phi) is 6.55. The van der Waals surface area contributed by atoms with Crippen LogP contribution in [0.4, 0.5) is 0 Å². The van der Waals surface area contributed by atoms with Gasteiger partial charge in [-0.3, -0.25) is 4.57 Å². The molecule has 3 heteroatoms. The van der Waals surface area contributed by atoms with Gasteiger partial charge in [-0.15, -0.1) is 0 Å². The SMILES string of the molecule is c1ccc(-c2ccc(-c3nc(-n4c5ccc6ccccc6c5c5c6ccccc6ccc54)nc4cc(-c5cccc6ccccc56)ccc34)cc2)cc1. The van der Waals surface area contributed by atoms with E-state index < -0.39 is 0 Å². The average Bonchev–Trinajstić information content (AvgIpc) is 3.59. The van der Waals surface area contributed by atoms with Crippen molar-refractivity contribution in [1.29, 1.82) is 0 Å². The van der Waals surface area contributed by atoms with Crippen molar-refractivity contribution >= 4 is 65.0 Å². The molecule has 2 aromatic heterocycles. The molecule has 0 saturated heterocycles. The molecule has 0 amide bonds. The number of benzene rings is 9. The van der Waals surface area contributed by atoms with Gasteiger partial charge in [0.1, 0.15) is 0 Å².